The van der Waals surface area contributed by atoms with E-state index < -0.39 is 0 Å². The molecule has 0 radical (unpaired) electrons. The SMILES string of the molecule is N#Cc1ccc(NC(=O)CCc2csc(-c3ccccc3F)n2)cc1. The van der Waals surface area contributed by atoms with Gasteiger partial charge in [0.15, 0.2) is 0 Å². The van der Waals surface area contributed by atoms with E-state index in [1.54, 1.807) is 42.5 Å². The summed E-state index contributed by atoms with van der Waals surface area (Å²) in [4.78, 5) is 16.4. The van der Waals surface area contributed by atoms with Crippen LogP contribution in [0.15, 0.2) is 53.9 Å². The molecule has 0 bridgehead atoms. The molecule has 4 nitrogen and oxygen atoms in total. The van der Waals surface area contributed by atoms with E-state index in [1.807, 2.05) is 11.4 Å². The van der Waals surface area contributed by atoms with Crippen LogP contribution in [0.3, 0.4) is 0 Å². The molecule has 0 atom stereocenters. The van der Waals surface area contributed by atoms with Crippen LogP contribution in [0.1, 0.15) is 17.7 Å². The summed E-state index contributed by atoms with van der Waals surface area (Å²) >= 11 is 1.36. The summed E-state index contributed by atoms with van der Waals surface area (Å²) in [6.07, 6.45) is 0.757. The van der Waals surface area contributed by atoms with Crippen molar-refractivity contribution in [3.63, 3.8) is 0 Å². The predicted molar refractivity (Wildman–Crippen MR) is 95.6 cm³/mol. The van der Waals surface area contributed by atoms with Crippen LogP contribution in [0, 0.1) is 17.1 Å². The van der Waals surface area contributed by atoms with E-state index in [9.17, 15) is 9.18 Å². The third-order valence-electron chi connectivity index (χ3n) is 3.56. The summed E-state index contributed by atoms with van der Waals surface area (Å²) in [5.74, 6) is -0.438. The van der Waals surface area contributed by atoms with Gasteiger partial charge in [0.25, 0.3) is 0 Å². The molecular weight excluding hydrogens is 337 g/mol. The molecule has 25 heavy (non-hydrogen) atoms. The van der Waals surface area contributed by atoms with Gasteiger partial charge in [-0.2, -0.15) is 5.26 Å². The van der Waals surface area contributed by atoms with Crippen molar-refractivity contribution in [3.05, 3.63) is 71.0 Å². The molecule has 1 heterocycles. The summed E-state index contributed by atoms with van der Waals surface area (Å²) in [6, 6.07) is 15.2. The van der Waals surface area contributed by atoms with E-state index in [2.05, 4.69) is 10.3 Å². The highest BCUT2D eigenvalue weighted by Crippen LogP contribution is 2.26. The number of aromatic nitrogens is 1. The molecule has 1 amide bonds. The lowest BCUT2D eigenvalue weighted by Gasteiger charge is -2.04. The molecule has 0 aliphatic rings. The fourth-order valence-corrected chi connectivity index (χ4v) is 3.15. The first kappa shape index (κ1) is 16.8. The zero-order valence-corrected chi connectivity index (χ0v) is 14.0. The number of hydrogen-bond acceptors (Lipinski definition) is 4. The van der Waals surface area contributed by atoms with Crippen LogP contribution in [0.4, 0.5) is 10.1 Å². The van der Waals surface area contributed by atoms with Gasteiger partial charge in [0.1, 0.15) is 10.8 Å². The lowest BCUT2D eigenvalue weighted by molar-refractivity contribution is -0.116. The molecular formula is C19H14FN3OS. The number of thiazole rings is 1. The number of anilines is 1. The number of nitrogens with one attached hydrogen (secondary N) is 1. The summed E-state index contributed by atoms with van der Waals surface area (Å²) in [5.41, 5.74) is 2.43. The minimum atomic E-state index is -0.304. The Morgan fingerprint density at radius 2 is 1.96 bits per heavy atom. The number of nitriles is 1. The molecule has 0 aliphatic heterocycles. The number of hydrogen-bond donors (Lipinski definition) is 1. The monoisotopic (exact) mass is 351 g/mol. The smallest absolute Gasteiger partial charge is 0.224 e. The summed E-state index contributed by atoms with van der Waals surface area (Å²) < 4.78 is 13.8. The zero-order valence-electron chi connectivity index (χ0n) is 13.2. The predicted octanol–water partition coefficient (Wildman–Crippen LogP) is 4.39. The third-order valence-corrected chi connectivity index (χ3v) is 4.49. The fraction of sp³-hybridized carbons (Fsp3) is 0.105. The Bertz CT molecular complexity index is 928. The van der Waals surface area contributed by atoms with E-state index in [1.165, 1.54) is 17.4 Å². The molecule has 0 saturated heterocycles. The second-order valence-corrected chi connectivity index (χ2v) is 6.22. The number of amides is 1. The van der Waals surface area contributed by atoms with Crippen LogP contribution in [-0.2, 0) is 11.2 Å². The fourth-order valence-electron chi connectivity index (χ4n) is 2.27. The van der Waals surface area contributed by atoms with Gasteiger partial charge in [-0.25, -0.2) is 9.37 Å². The van der Waals surface area contributed by atoms with Crippen LogP contribution in [0.25, 0.3) is 10.6 Å². The number of carbonyl (C=O) groups is 1. The van der Waals surface area contributed by atoms with Gasteiger partial charge >= 0.3 is 0 Å². The summed E-state index contributed by atoms with van der Waals surface area (Å²) in [6.45, 7) is 0. The molecule has 0 saturated carbocycles. The van der Waals surface area contributed by atoms with Gasteiger partial charge in [-0.15, -0.1) is 11.3 Å². The molecule has 1 aromatic heterocycles. The van der Waals surface area contributed by atoms with E-state index in [4.69, 9.17) is 5.26 Å². The average molecular weight is 351 g/mol. The maximum Gasteiger partial charge on any atom is 0.224 e. The lowest BCUT2D eigenvalue weighted by atomic mass is 10.2. The molecule has 0 aliphatic carbocycles. The van der Waals surface area contributed by atoms with Crippen molar-refractivity contribution in [2.24, 2.45) is 0 Å². The minimum Gasteiger partial charge on any atom is -0.326 e. The van der Waals surface area contributed by atoms with Crippen molar-refractivity contribution < 1.29 is 9.18 Å². The largest absolute Gasteiger partial charge is 0.326 e. The Morgan fingerprint density at radius 3 is 2.68 bits per heavy atom. The van der Waals surface area contributed by atoms with Crippen molar-refractivity contribution in [2.75, 3.05) is 5.32 Å². The van der Waals surface area contributed by atoms with Crippen molar-refractivity contribution in [1.29, 1.82) is 5.26 Å². The van der Waals surface area contributed by atoms with Gasteiger partial charge in [-0.1, -0.05) is 12.1 Å². The first-order valence-electron chi connectivity index (χ1n) is 7.65. The van der Waals surface area contributed by atoms with Gasteiger partial charge in [0, 0.05) is 23.1 Å². The quantitative estimate of drug-likeness (QED) is 0.741. The molecule has 2 aromatic carbocycles. The molecule has 0 spiro atoms. The molecule has 0 fully saturated rings. The van der Waals surface area contributed by atoms with Crippen molar-refractivity contribution in [1.82, 2.24) is 4.98 Å². The molecule has 3 rings (SSSR count). The van der Waals surface area contributed by atoms with Crippen molar-refractivity contribution >= 4 is 22.9 Å². The first-order valence-corrected chi connectivity index (χ1v) is 8.53. The molecule has 6 heteroatoms. The highest BCUT2D eigenvalue weighted by Gasteiger charge is 2.10. The van der Waals surface area contributed by atoms with Gasteiger partial charge in [0.05, 0.1) is 17.3 Å². The second-order valence-electron chi connectivity index (χ2n) is 5.36. The Balaban J connectivity index is 1.57. The maximum atomic E-state index is 13.8. The Kier molecular flexibility index (Phi) is 5.17. The number of benzene rings is 2. The van der Waals surface area contributed by atoms with Gasteiger partial charge in [-0.3, -0.25) is 4.79 Å². The van der Waals surface area contributed by atoms with Crippen LogP contribution < -0.4 is 5.32 Å². The van der Waals surface area contributed by atoms with E-state index in [0.717, 1.165) is 5.69 Å². The lowest BCUT2D eigenvalue weighted by Crippen LogP contribution is -2.12. The number of rotatable bonds is 5. The minimum absolute atomic E-state index is 0.134. The number of nitrogens with zero attached hydrogens (tertiary/aromatic N) is 2. The normalized spacial score (nSPS) is 10.2. The topological polar surface area (TPSA) is 65.8 Å². The third kappa shape index (κ3) is 4.28. The molecule has 1 N–H and O–H groups in total. The van der Waals surface area contributed by atoms with E-state index >= 15 is 0 Å². The standard InChI is InChI=1S/C19H14FN3OS/c20-17-4-2-1-3-16(17)19-23-15(12-25-19)9-10-18(24)22-14-7-5-13(11-21)6-8-14/h1-8,12H,9-10H2,(H,22,24). The van der Waals surface area contributed by atoms with Crippen LogP contribution in [0.5, 0.6) is 0 Å². The zero-order chi connectivity index (χ0) is 17.6. The van der Waals surface area contributed by atoms with Gasteiger partial charge < -0.3 is 5.32 Å². The molecule has 0 unspecified atom stereocenters. The average Bonchev–Trinajstić information content (AvgIpc) is 3.10. The summed E-state index contributed by atoms with van der Waals surface area (Å²) in [7, 11) is 0. The number of aryl methyl sites for hydroxylation is 1. The summed E-state index contributed by atoms with van der Waals surface area (Å²) in [5, 5.41) is 14.0. The maximum absolute atomic E-state index is 13.8. The van der Waals surface area contributed by atoms with Gasteiger partial charge in [-0.05, 0) is 42.8 Å². The van der Waals surface area contributed by atoms with Gasteiger partial charge in [0.2, 0.25) is 5.91 Å². The van der Waals surface area contributed by atoms with E-state index in [0.29, 0.717) is 28.2 Å². The first-order chi connectivity index (χ1) is 12.2. The molecule has 3 aromatic rings. The Hall–Kier alpha value is -3.04. The Labute approximate surface area is 148 Å². The number of carbonyl (C=O) groups excluding carboxylic acids is 1. The highest BCUT2D eigenvalue weighted by molar-refractivity contribution is 7.13. The number of halogens is 1. The van der Waals surface area contributed by atoms with Crippen molar-refractivity contribution in [2.45, 2.75) is 12.8 Å². The van der Waals surface area contributed by atoms with Crippen LogP contribution >= 0.6 is 11.3 Å². The van der Waals surface area contributed by atoms with Crippen LogP contribution in [0.2, 0.25) is 0 Å². The Morgan fingerprint density at radius 1 is 1.20 bits per heavy atom. The van der Waals surface area contributed by atoms with E-state index in [-0.39, 0.29) is 18.1 Å². The van der Waals surface area contributed by atoms with Crippen molar-refractivity contribution in [3.8, 4) is 16.6 Å². The highest BCUT2D eigenvalue weighted by atomic mass is 32.1. The second kappa shape index (κ2) is 7.69. The molecule has 124 valence electrons. The van der Waals surface area contributed by atoms with Crippen LogP contribution in [-0.4, -0.2) is 10.9 Å².